The van der Waals surface area contributed by atoms with E-state index in [4.69, 9.17) is 0 Å². The summed E-state index contributed by atoms with van der Waals surface area (Å²) >= 11 is 1.82. The van der Waals surface area contributed by atoms with Gasteiger partial charge < -0.3 is 5.32 Å². The topological polar surface area (TPSA) is 12.0 Å². The van der Waals surface area contributed by atoms with Crippen LogP contribution in [0.2, 0.25) is 0 Å². The lowest BCUT2D eigenvalue weighted by Crippen LogP contribution is -2.14. The maximum atomic E-state index is 3.20. The Kier molecular flexibility index (Phi) is 4.43. The van der Waals surface area contributed by atoms with Crippen LogP contribution in [0.15, 0.2) is 35.7 Å². The second-order valence-corrected chi connectivity index (χ2v) is 6.64. The van der Waals surface area contributed by atoms with Gasteiger partial charge in [-0.05, 0) is 47.0 Å². The lowest BCUT2D eigenvalue weighted by molar-refractivity contribution is 0.506. The van der Waals surface area contributed by atoms with Crippen LogP contribution in [-0.4, -0.2) is 7.05 Å². The van der Waals surface area contributed by atoms with E-state index in [1.807, 2.05) is 18.4 Å². The molecule has 102 valence electrons. The molecule has 0 aliphatic heterocycles. The van der Waals surface area contributed by atoms with Gasteiger partial charge in [-0.25, -0.2) is 0 Å². The van der Waals surface area contributed by atoms with Crippen LogP contribution in [0.3, 0.4) is 0 Å². The Labute approximate surface area is 120 Å². The molecular weight excluding hydrogens is 250 g/mol. The van der Waals surface area contributed by atoms with E-state index in [0.29, 0.717) is 0 Å². The molecule has 0 atom stereocenters. The molecule has 0 amide bonds. The molecule has 1 heterocycles. The van der Waals surface area contributed by atoms with E-state index in [9.17, 15) is 0 Å². The third-order valence-corrected chi connectivity index (χ3v) is 4.83. The van der Waals surface area contributed by atoms with Crippen molar-refractivity contribution in [3.8, 4) is 11.1 Å². The van der Waals surface area contributed by atoms with Gasteiger partial charge in [-0.15, -0.1) is 11.3 Å². The average Bonchev–Trinajstić information content (AvgIpc) is 2.88. The monoisotopic (exact) mass is 273 g/mol. The summed E-state index contributed by atoms with van der Waals surface area (Å²) in [4.78, 5) is 1.38. The standard InChI is InChI=1S/C17H23NS/c1-5-17(2,3)15-8-6-13(7-9-15)14-10-16(11-18-4)19-12-14/h6-10,12,18H,5,11H2,1-4H3. The van der Waals surface area contributed by atoms with Crippen molar-refractivity contribution in [3.63, 3.8) is 0 Å². The number of rotatable bonds is 5. The maximum absolute atomic E-state index is 3.20. The van der Waals surface area contributed by atoms with Gasteiger partial charge in [0.25, 0.3) is 0 Å². The summed E-state index contributed by atoms with van der Waals surface area (Å²) in [5, 5.41) is 5.44. The zero-order valence-corrected chi connectivity index (χ0v) is 13.1. The highest BCUT2D eigenvalue weighted by atomic mass is 32.1. The van der Waals surface area contributed by atoms with Gasteiger partial charge in [-0.3, -0.25) is 0 Å². The molecule has 0 spiro atoms. The van der Waals surface area contributed by atoms with Crippen molar-refractivity contribution in [2.24, 2.45) is 0 Å². The molecule has 2 aromatic rings. The summed E-state index contributed by atoms with van der Waals surface area (Å²) in [5.74, 6) is 0. The summed E-state index contributed by atoms with van der Waals surface area (Å²) < 4.78 is 0. The molecule has 1 aromatic carbocycles. The highest BCUT2D eigenvalue weighted by Crippen LogP contribution is 2.30. The predicted octanol–water partition coefficient (Wildman–Crippen LogP) is 4.82. The fraction of sp³-hybridized carbons (Fsp3) is 0.412. The molecule has 1 N–H and O–H groups in total. The Balaban J connectivity index is 2.22. The summed E-state index contributed by atoms with van der Waals surface area (Å²) in [7, 11) is 1.99. The maximum Gasteiger partial charge on any atom is 0.0296 e. The minimum atomic E-state index is 0.268. The highest BCUT2D eigenvalue weighted by molar-refractivity contribution is 7.10. The van der Waals surface area contributed by atoms with Crippen molar-refractivity contribution < 1.29 is 0 Å². The summed E-state index contributed by atoms with van der Waals surface area (Å²) in [5.41, 5.74) is 4.33. The van der Waals surface area contributed by atoms with Crippen LogP contribution in [0, 0.1) is 0 Å². The molecule has 19 heavy (non-hydrogen) atoms. The van der Waals surface area contributed by atoms with Crippen LogP contribution >= 0.6 is 11.3 Å². The quantitative estimate of drug-likeness (QED) is 0.823. The van der Waals surface area contributed by atoms with Crippen molar-refractivity contribution >= 4 is 11.3 Å². The molecular formula is C17H23NS. The third-order valence-electron chi connectivity index (χ3n) is 3.89. The van der Waals surface area contributed by atoms with Crippen LogP contribution in [0.1, 0.15) is 37.6 Å². The van der Waals surface area contributed by atoms with Crippen molar-refractivity contribution in [1.29, 1.82) is 0 Å². The first kappa shape index (κ1) is 14.3. The smallest absolute Gasteiger partial charge is 0.0296 e. The van der Waals surface area contributed by atoms with E-state index in [0.717, 1.165) is 13.0 Å². The highest BCUT2D eigenvalue weighted by Gasteiger charge is 2.17. The SMILES string of the molecule is CCC(C)(C)c1ccc(-c2csc(CNC)c2)cc1. The van der Waals surface area contributed by atoms with E-state index in [2.05, 4.69) is 61.8 Å². The minimum absolute atomic E-state index is 0.268. The van der Waals surface area contributed by atoms with E-state index < -0.39 is 0 Å². The molecule has 0 saturated heterocycles. The molecule has 1 aromatic heterocycles. The Morgan fingerprint density at radius 3 is 2.37 bits per heavy atom. The van der Waals surface area contributed by atoms with Gasteiger partial charge in [0.05, 0.1) is 0 Å². The molecule has 0 saturated carbocycles. The van der Waals surface area contributed by atoms with Gasteiger partial charge >= 0.3 is 0 Å². The second kappa shape index (κ2) is 5.89. The van der Waals surface area contributed by atoms with Crippen LogP contribution < -0.4 is 5.32 Å². The van der Waals surface area contributed by atoms with Gasteiger partial charge in [0, 0.05) is 11.4 Å². The Morgan fingerprint density at radius 2 is 1.79 bits per heavy atom. The number of nitrogens with one attached hydrogen (secondary N) is 1. The molecule has 1 nitrogen and oxygen atoms in total. The van der Waals surface area contributed by atoms with Gasteiger partial charge in [0.2, 0.25) is 0 Å². The van der Waals surface area contributed by atoms with Crippen molar-refractivity contribution in [2.45, 2.75) is 39.2 Å². The Bertz CT molecular complexity index is 522. The summed E-state index contributed by atoms with van der Waals surface area (Å²) in [6.45, 7) is 7.80. The lowest BCUT2D eigenvalue weighted by Gasteiger charge is -2.23. The van der Waals surface area contributed by atoms with Crippen LogP contribution in [0.4, 0.5) is 0 Å². The third kappa shape index (κ3) is 3.26. The fourth-order valence-electron chi connectivity index (χ4n) is 2.12. The van der Waals surface area contributed by atoms with Gasteiger partial charge in [0.15, 0.2) is 0 Å². The molecule has 0 radical (unpaired) electrons. The fourth-order valence-corrected chi connectivity index (χ4v) is 3.02. The van der Waals surface area contributed by atoms with Crippen molar-refractivity contribution in [2.75, 3.05) is 7.05 Å². The normalized spacial score (nSPS) is 11.8. The largest absolute Gasteiger partial charge is 0.315 e. The van der Waals surface area contributed by atoms with E-state index in [1.165, 1.54) is 21.6 Å². The molecule has 0 aliphatic carbocycles. The molecule has 2 heteroatoms. The lowest BCUT2D eigenvalue weighted by atomic mass is 9.82. The van der Waals surface area contributed by atoms with Gasteiger partial charge in [-0.1, -0.05) is 45.0 Å². The van der Waals surface area contributed by atoms with Gasteiger partial charge in [-0.2, -0.15) is 0 Å². The Morgan fingerprint density at radius 1 is 1.11 bits per heavy atom. The van der Waals surface area contributed by atoms with Crippen molar-refractivity contribution in [3.05, 3.63) is 46.2 Å². The summed E-state index contributed by atoms with van der Waals surface area (Å²) in [6, 6.07) is 11.3. The summed E-state index contributed by atoms with van der Waals surface area (Å²) in [6.07, 6.45) is 1.16. The first-order valence-electron chi connectivity index (χ1n) is 6.89. The van der Waals surface area contributed by atoms with E-state index >= 15 is 0 Å². The van der Waals surface area contributed by atoms with E-state index in [-0.39, 0.29) is 5.41 Å². The number of thiophene rings is 1. The predicted molar refractivity (Wildman–Crippen MR) is 85.8 cm³/mol. The minimum Gasteiger partial charge on any atom is -0.315 e. The van der Waals surface area contributed by atoms with Crippen LogP contribution in [0.5, 0.6) is 0 Å². The number of hydrogen-bond donors (Lipinski definition) is 1. The zero-order valence-electron chi connectivity index (χ0n) is 12.3. The average molecular weight is 273 g/mol. The molecule has 0 unspecified atom stereocenters. The first-order chi connectivity index (χ1) is 9.06. The first-order valence-corrected chi connectivity index (χ1v) is 7.77. The molecule has 2 rings (SSSR count). The number of hydrogen-bond acceptors (Lipinski definition) is 2. The van der Waals surface area contributed by atoms with E-state index in [1.54, 1.807) is 0 Å². The number of benzene rings is 1. The molecule has 0 bridgehead atoms. The van der Waals surface area contributed by atoms with Crippen LogP contribution in [-0.2, 0) is 12.0 Å². The van der Waals surface area contributed by atoms with Crippen molar-refractivity contribution in [1.82, 2.24) is 5.32 Å². The van der Waals surface area contributed by atoms with Crippen LogP contribution in [0.25, 0.3) is 11.1 Å². The Hall–Kier alpha value is -1.12. The second-order valence-electron chi connectivity index (χ2n) is 5.65. The molecule has 0 fully saturated rings. The molecule has 0 aliphatic rings. The van der Waals surface area contributed by atoms with Gasteiger partial charge in [0.1, 0.15) is 0 Å². The zero-order chi connectivity index (χ0) is 13.9.